The predicted molar refractivity (Wildman–Crippen MR) is 97.4 cm³/mol. The molecule has 2 aromatic carbocycles. The molecule has 2 heterocycles. The van der Waals surface area contributed by atoms with Gasteiger partial charge in [0, 0.05) is 11.6 Å². The smallest absolute Gasteiger partial charge is 0.162 e. The fourth-order valence-corrected chi connectivity index (χ4v) is 2.86. The van der Waals surface area contributed by atoms with Crippen molar-refractivity contribution in [3.05, 3.63) is 67.1 Å². The molecule has 4 aromatic rings. The van der Waals surface area contributed by atoms with E-state index in [1.54, 1.807) is 26.7 Å². The van der Waals surface area contributed by atoms with Gasteiger partial charge < -0.3 is 9.47 Å². The van der Waals surface area contributed by atoms with E-state index in [-0.39, 0.29) is 0 Å². The Morgan fingerprint density at radius 1 is 0.840 bits per heavy atom. The molecule has 25 heavy (non-hydrogen) atoms. The maximum Gasteiger partial charge on any atom is 0.162 e. The van der Waals surface area contributed by atoms with E-state index in [2.05, 4.69) is 9.97 Å². The Morgan fingerprint density at radius 3 is 2.40 bits per heavy atom. The number of fused-ring (bicyclic) bond motifs is 1. The first kappa shape index (κ1) is 15.2. The third-order valence-electron chi connectivity index (χ3n) is 4.15. The van der Waals surface area contributed by atoms with Crippen molar-refractivity contribution < 1.29 is 9.47 Å². The number of pyridine rings is 1. The van der Waals surface area contributed by atoms with Gasteiger partial charge in [-0.05, 0) is 18.2 Å². The predicted octanol–water partition coefficient (Wildman–Crippen LogP) is 4.10. The molecule has 0 aliphatic heterocycles. The number of hydrogen-bond donors (Lipinski definition) is 0. The Morgan fingerprint density at radius 2 is 1.64 bits per heavy atom. The van der Waals surface area contributed by atoms with Crippen molar-refractivity contribution in [2.45, 2.75) is 0 Å². The molecule has 0 aliphatic carbocycles. The van der Waals surface area contributed by atoms with Gasteiger partial charge >= 0.3 is 0 Å². The molecule has 0 bridgehead atoms. The van der Waals surface area contributed by atoms with Crippen molar-refractivity contribution in [2.75, 3.05) is 14.2 Å². The lowest BCUT2D eigenvalue weighted by Crippen LogP contribution is -1.96. The molecule has 5 heteroatoms. The molecule has 0 unspecified atom stereocenters. The molecule has 5 nitrogen and oxygen atoms in total. The lowest BCUT2D eigenvalue weighted by Gasteiger charge is -2.11. The third kappa shape index (κ3) is 2.70. The summed E-state index contributed by atoms with van der Waals surface area (Å²) in [5.74, 6) is 1.38. The number of ether oxygens (including phenoxy) is 2. The van der Waals surface area contributed by atoms with Gasteiger partial charge in [0.05, 0.1) is 37.3 Å². The second-order valence-electron chi connectivity index (χ2n) is 5.58. The number of methoxy groups -OCH3 is 2. The highest BCUT2D eigenvalue weighted by atomic mass is 16.5. The largest absolute Gasteiger partial charge is 0.493 e. The van der Waals surface area contributed by atoms with Crippen molar-refractivity contribution in [3.63, 3.8) is 0 Å². The average Bonchev–Trinajstić information content (AvgIpc) is 3.11. The molecule has 4 rings (SSSR count). The molecule has 0 aliphatic rings. The molecule has 0 atom stereocenters. The highest BCUT2D eigenvalue weighted by Gasteiger charge is 2.10. The van der Waals surface area contributed by atoms with E-state index in [1.165, 1.54) is 0 Å². The minimum absolute atomic E-state index is 0.680. The van der Waals surface area contributed by atoms with Crippen LogP contribution in [0.15, 0.2) is 67.1 Å². The van der Waals surface area contributed by atoms with E-state index >= 15 is 0 Å². The quantitative estimate of drug-likeness (QED) is 0.565. The van der Waals surface area contributed by atoms with Gasteiger partial charge in [0.15, 0.2) is 11.5 Å². The summed E-state index contributed by atoms with van der Waals surface area (Å²) in [6, 6.07) is 18.0. The number of rotatable bonds is 4. The normalized spacial score (nSPS) is 10.8. The zero-order chi connectivity index (χ0) is 17.2. The summed E-state index contributed by atoms with van der Waals surface area (Å²) < 4.78 is 12.7. The Kier molecular flexibility index (Phi) is 3.82. The minimum atomic E-state index is 0.680. The lowest BCUT2D eigenvalue weighted by atomic mass is 10.1. The first-order chi connectivity index (χ1) is 12.3. The molecule has 0 N–H and O–H groups in total. The number of benzene rings is 2. The maximum absolute atomic E-state index is 5.41. The van der Waals surface area contributed by atoms with Crippen LogP contribution in [-0.4, -0.2) is 28.8 Å². The van der Waals surface area contributed by atoms with Crippen LogP contribution >= 0.6 is 0 Å². The van der Waals surface area contributed by atoms with Gasteiger partial charge in [-0.3, -0.25) is 9.55 Å². The van der Waals surface area contributed by atoms with E-state index in [1.807, 2.05) is 59.2 Å². The monoisotopic (exact) mass is 331 g/mol. The van der Waals surface area contributed by atoms with Crippen molar-refractivity contribution in [1.82, 2.24) is 14.5 Å². The standard InChI is InChI=1S/C20H17N3O2/c1-24-19-9-8-15(10-20(19)25-2)23-13-22-17-12-21-16(11-18(17)23)14-6-4-3-5-7-14/h3-13H,1-2H3. The van der Waals surface area contributed by atoms with Crippen LogP contribution in [0, 0.1) is 0 Å². The van der Waals surface area contributed by atoms with Crippen LogP contribution in [0.4, 0.5) is 0 Å². The van der Waals surface area contributed by atoms with Crippen LogP contribution < -0.4 is 9.47 Å². The van der Waals surface area contributed by atoms with Crippen molar-refractivity contribution in [2.24, 2.45) is 0 Å². The topological polar surface area (TPSA) is 49.2 Å². The second-order valence-corrected chi connectivity index (χ2v) is 5.58. The van der Waals surface area contributed by atoms with Crippen molar-refractivity contribution in [1.29, 1.82) is 0 Å². The van der Waals surface area contributed by atoms with E-state index < -0.39 is 0 Å². The summed E-state index contributed by atoms with van der Waals surface area (Å²) in [7, 11) is 3.26. The molecule has 0 amide bonds. The van der Waals surface area contributed by atoms with Crippen LogP contribution in [0.3, 0.4) is 0 Å². The number of imidazole rings is 1. The van der Waals surface area contributed by atoms with E-state index in [9.17, 15) is 0 Å². The zero-order valence-electron chi connectivity index (χ0n) is 14.0. The van der Waals surface area contributed by atoms with Crippen molar-refractivity contribution >= 4 is 11.0 Å². The van der Waals surface area contributed by atoms with E-state index in [4.69, 9.17) is 9.47 Å². The van der Waals surface area contributed by atoms with Crippen molar-refractivity contribution in [3.8, 4) is 28.4 Å². The summed E-state index contributed by atoms with van der Waals surface area (Å²) in [6.07, 6.45) is 3.59. The van der Waals surface area contributed by atoms with E-state index in [0.717, 1.165) is 28.0 Å². The molecule has 0 saturated heterocycles. The fraction of sp³-hybridized carbons (Fsp3) is 0.100. The van der Waals surface area contributed by atoms with Crippen LogP contribution in [0.5, 0.6) is 11.5 Å². The first-order valence-corrected chi connectivity index (χ1v) is 7.91. The van der Waals surface area contributed by atoms with Crippen LogP contribution in [0.25, 0.3) is 28.0 Å². The molecule has 124 valence electrons. The van der Waals surface area contributed by atoms with Gasteiger partial charge in [-0.15, -0.1) is 0 Å². The van der Waals surface area contributed by atoms with Crippen LogP contribution in [0.1, 0.15) is 0 Å². The average molecular weight is 331 g/mol. The summed E-state index contributed by atoms with van der Waals surface area (Å²) >= 11 is 0. The summed E-state index contributed by atoms with van der Waals surface area (Å²) in [5, 5.41) is 0. The van der Waals surface area contributed by atoms with Gasteiger partial charge in [0.2, 0.25) is 0 Å². The van der Waals surface area contributed by atoms with Gasteiger partial charge in [-0.2, -0.15) is 0 Å². The molecular weight excluding hydrogens is 314 g/mol. The molecule has 0 fully saturated rings. The molecule has 0 radical (unpaired) electrons. The molecule has 2 aromatic heterocycles. The van der Waals surface area contributed by atoms with Gasteiger partial charge in [0.1, 0.15) is 11.8 Å². The summed E-state index contributed by atoms with van der Waals surface area (Å²) in [6.45, 7) is 0. The van der Waals surface area contributed by atoms with Crippen LogP contribution in [-0.2, 0) is 0 Å². The number of hydrogen-bond acceptors (Lipinski definition) is 4. The molecule has 0 spiro atoms. The number of aromatic nitrogens is 3. The molecule has 0 saturated carbocycles. The Bertz CT molecular complexity index is 1030. The summed E-state index contributed by atoms with van der Waals surface area (Å²) in [4.78, 5) is 8.98. The fourth-order valence-electron chi connectivity index (χ4n) is 2.86. The second kappa shape index (κ2) is 6.28. The highest BCUT2D eigenvalue weighted by molar-refractivity contribution is 5.81. The maximum atomic E-state index is 5.41. The summed E-state index contributed by atoms with van der Waals surface area (Å²) in [5.41, 5.74) is 4.76. The van der Waals surface area contributed by atoms with E-state index in [0.29, 0.717) is 11.5 Å². The van der Waals surface area contributed by atoms with Gasteiger partial charge in [-0.1, -0.05) is 30.3 Å². The Balaban J connectivity index is 1.85. The Hall–Kier alpha value is -3.34. The first-order valence-electron chi connectivity index (χ1n) is 7.91. The van der Waals surface area contributed by atoms with Crippen LogP contribution in [0.2, 0.25) is 0 Å². The van der Waals surface area contributed by atoms with Gasteiger partial charge in [-0.25, -0.2) is 4.98 Å². The minimum Gasteiger partial charge on any atom is -0.493 e. The highest BCUT2D eigenvalue weighted by Crippen LogP contribution is 2.31. The molecular formula is C20H17N3O2. The lowest BCUT2D eigenvalue weighted by molar-refractivity contribution is 0.355. The van der Waals surface area contributed by atoms with Gasteiger partial charge in [0.25, 0.3) is 0 Å². The SMILES string of the molecule is COc1ccc(-n2cnc3cnc(-c4ccccc4)cc32)cc1OC. The Labute approximate surface area is 145 Å². The third-order valence-corrected chi connectivity index (χ3v) is 4.15. The zero-order valence-corrected chi connectivity index (χ0v) is 14.0. The number of nitrogens with zero attached hydrogens (tertiary/aromatic N) is 3.